The molecule has 2 aromatic carbocycles. The summed E-state index contributed by atoms with van der Waals surface area (Å²) >= 11 is 0. The maximum absolute atomic E-state index is 5.78. The molecule has 0 saturated carbocycles. The third-order valence-electron chi connectivity index (χ3n) is 3.48. The molecule has 19 heavy (non-hydrogen) atoms. The molecule has 0 atom stereocenters. The van der Waals surface area contributed by atoms with Gasteiger partial charge >= 0.3 is 0 Å². The summed E-state index contributed by atoms with van der Waals surface area (Å²) in [5.41, 5.74) is 3.30. The molecule has 0 bridgehead atoms. The van der Waals surface area contributed by atoms with Gasteiger partial charge in [-0.05, 0) is 12.0 Å². The van der Waals surface area contributed by atoms with Crippen LogP contribution in [0.15, 0.2) is 54.6 Å². The van der Waals surface area contributed by atoms with Crippen LogP contribution in [0.1, 0.15) is 23.6 Å². The molecule has 0 fully saturated rings. The van der Waals surface area contributed by atoms with Gasteiger partial charge in [-0.15, -0.1) is 0 Å². The number of ether oxygens (including phenoxy) is 2. The minimum absolute atomic E-state index is 0.839. The van der Waals surface area contributed by atoms with Gasteiger partial charge in [-0.25, -0.2) is 0 Å². The average molecular weight is 256 g/mol. The first-order valence-corrected chi connectivity index (χ1v) is 6.52. The zero-order valence-electron chi connectivity index (χ0n) is 11.7. The Kier molecular flexibility index (Phi) is 4.35. The smallest absolute Gasteiger partial charge is 0.222 e. The van der Waals surface area contributed by atoms with Crippen LogP contribution in [0.3, 0.4) is 0 Å². The van der Waals surface area contributed by atoms with Crippen molar-refractivity contribution in [3.63, 3.8) is 0 Å². The summed E-state index contributed by atoms with van der Waals surface area (Å²) in [5, 5.41) is 0. The Bertz CT molecular complexity index is 516. The van der Waals surface area contributed by atoms with Gasteiger partial charge < -0.3 is 9.47 Å². The molecular formula is C17H20O2. The maximum atomic E-state index is 5.78. The van der Waals surface area contributed by atoms with Crippen LogP contribution in [0.5, 0.6) is 0 Å². The van der Waals surface area contributed by atoms with E-state index in [1.807, 2.05) is 42.5 Å². The van der Waals surface area contributed by atoms with Crippen LogP contribution < -0.4 is 0 Å². The largest absolute Gasteiger partial charge is 0.346 e. The molecule has 0 aliphatic carbocycles. The molecule has 0 spiro atoms. The highest BCUT2D eigenvalue weighted by Crippen LogP contribution is 2.35. The molecule has 2 aromatic rings. The van der Waals surface area contributed by atoms with E-state index in [9.17, 15) is 0 Å². The topological polar surface area (TPSA) is 18.5 Å². The van der Waals surface area contributed by atoms with Gasteiger partial charge in [0.05, 0.1) is 0 Å². The van der Waals surface area contributed by atoms with Gasteiger partial charge in [0.2, 0.25) is 5.79 Å². The average Bonchev–Trinajstić information content (AvgIpc) is 2.51. The van der Waals surface area contributed by atoms with Crippen molar-refractivity contribution in [2.24, 2.45) is 0 Å². The van der Waals surface area contributed by atoms with Crippen molar-refractivity contribution in [1.29, 1.82) is 0 Å². The fraction of sp³-hybridized carbons (Fsp3) is 0.294. The predicted octanol–water partition coefficient (Wildman–Crippen LogP) is 3.74. The molecule has 2 nitrogen and oxygen atoms in total. The van der Waals surface area contributed by atoms with E-state index >= 15 is 0 Å². The number of rotatable bonds is 5. The van der Waals surface area contributed by atoms with Crippen molar-refractivity contribution < 1.29 is 9.47 Å². The summed E-state index contributed by atoms with van der Waals surface area (Å²) in [4.78, 5) is 0. The molecule has 0 N–H and O–H groups in total. The Hall–Kier alpha value is -1.64. The van der Waals surface area contributed by atoms with Gasteiger partial charge in [0.1, 0.15) is 0 Å². The van der Waals surface area contributed by atoms with Gasteiger partial charge in [-0.3, -0.25) is 0 Å². The lowest BCUT2D eigenvalue weighted by Crippen LogP contribution is -2.33. The molecule has 0 unspecified atom stereocenters. The molecule has 0 radical (unpaired) electrons. The molecule has 0 saturated heterocycles. The van der Waals surface area contributed by atoms with Crippen LogP contribution in [-0.4, -0.2) is 14.2 Å². The van der Waals surface area contributed by atoms with Crippen molar-refractivity contribution in [2.45, 2.75) is 19.1 Å². The van der Waals surface area contributed by atoms with Gasteiger partial charge in [-0.1, -0.05) is 61.5 Å². The fourth-order valence-electron chi connectivity index (χ4n) is 2.50. The van der Waals surface area contributed by atoms with E-state index in [4.69, 9.17) is 9.47 Å². The second-order valence-corrected chi connectivity index (χ2v) is 4.40. The van der Waals surface area contributed by atoms with Crippen molar-refractivity contribution >= 4 is 0 Å². The summed E-state index contributed by atoms with van der Waals surface area (Å²) in [6, 6.07) is 18.3. The first-order chi connectivity index (χ1) is 9.28. The summed E-state index contributed by atoms with van der Waals surface area (Å²) in [5.74, 6) is -0.839. The van der Waals surface area contributed by atoms with Crippen molar-refractivity contribution in [3.8, 4) is 0 Å². The van der Waals surface area contributed by atoms with E-state index in [0.717, 1.165) is 17.5 Å². The monoisotopic (exact) mass is 256 g/mol. The van der Waals surface area contributed by atoms with Crippen molar-refractivity contribution in [1.82, 2.24) is 0 Å². The van der Waals surface area contributed by atoms with E-state index in [2.05, 4.69) is 19.1 Å². The van der Waals surface area contributed by atoms with Crippen LogP contribution in [0.25, 0.3) is 0 Å². The summed E-state index contributed by atoms with van der Waals surface area (Å²) in [6.07, 6.45) is 0.942. The molecular weight excluding hydrogens is 236 g/mol. The van der Waals surface area contributed by atoms with E-state index in [1.165, 1.54) is 5.56 Å². The number of aryl methyl sites for hydroxylation is 1. The Morgan fingerprint density at radius 1 is 0.842 bits per heavy atom. The van der Waals surface area contributed by atoms with Gasteiger partial charge in [0.15, 0.2) is 0 Å². The highest BCUT2D eigenvalue weighted by Gasteiger charge is 2.35. The van der Waals surface area contributed by atoms with Gasteiger partial charge in [0, 0.05) is 25.3 Å². The third-order valence-corrected chi connectivity index (χ3v) is 3.48. The van der Waals surface area contributed by atoms with Crippen LogP contribution >= 0.6 is 0 Å². The number of hydrogen-bond acceptors (Lipinski definition) is 2. The number of benzene rings is 2. The number of hydrogen-bond donors (Lipinski definition) is 0. The maximum Gasteiger partial charge on any atom is 0.222 e. The Balaban J connectivity index is 2.63. The summed E-state index contributed by atoms with van der Waals surface area (Å²) in [7, 11) is 3.37. The lowest BCUT2D eigenvalue weighted by Gasteiger charge is -2.33. The Morgan fingerprint density at radius 3 is 2.00 bits per heavy atom. The molecule has 0 amide bonds. The molecule has 0 aliphatic heterocycles. The zero-order chi connectivity index (χ0) is 13.7. The quantitative estimate of drug-likeness (QED) is 0.759. The summed E-state index contributed by atoms with van der Waals surface area (Å²) < 4.78 is 11.6. The predicted molar refractivity (Wildman–Crippen MR) is 77.1 cm³/mol. The van der Waals surface area contributed by atoms with E-state index in [0.29, 0.717) is 0 Å². The van der Waals surface area contributed by atoms with E-state index < -0.39 is 5.79 Å². The van der Waals surface area contributed by atoms with E-state index in [-0.39, 0.29) is 0 Å². The molecule has 0 aliphatic rings. The molecule has 100 valence electrons. The van der Waals surface area contributed by atoms with E-state index in [1.54, 1.807) is 14.2 Å². The van der Waals surface area contributed by atoms with Crippen LogP contribution in [0, 0.1) is 0 Å². The zero-order valence-corrected chi connectivity index (χ0v) is 11.7. The molecule has 2 rings (SSSR count). The second kappa shape index (κ2) is 6.00. The first kappa shape index (κ1) is 13.8. The van der Waals surface area contributed by atoms with Crippen LogP contribution in [0.4, 0.5) is 0 Å². The lowest BCUT2D eigenvalue weighted by molar-refractivity contribution is -0.184. The minimum atomic E-state index is -0.839. The van der Waals surface area contributed by atoms with Crippen molar-refractivity contribution in [2.75, 3.05) is 14.2 Å². The Labute approximate surface area is 115 Å². The van der Waals surface area contributed by atoms with Crippen LogP contribution in [0.2, 0.25) is 0 Å². The number of methoxy groups -OCH3 is 2. The lowest BCUT2D eigenvalue weighted by atomic mass is 9.92. The fourth-order valence-corrected chi connectivity index (χ4v) is 2.50. The van der Waals surface area contributed by atoms with Gasteiger partial charge in [0.25, 0.3) is 0 Å². The van der Waals surface area contributed by atoms with Crippen molar-refractivity contribution in [3.05, 3.63) is 71.3 Å². The highest BCUT2D eigenvalue weighted by atomic mass is 16.7. The molecule has 0 heterocycles. The van der Waals surface area contributed by atoms with Crippen LogP contribution in [-0.2, 0) is 21.7 Å². The SMILES string of the molecule is CCc1ccccc1C(OC)(OC)c1ccccc1. The summed E-state index contributed by atoms with van der Waals surface area (Å²) in [6.45, 7) is 2.14. The standard InChI is InChI=1S/C17H20O2/c1-4-14-10-8-9-13-16(14)17(18-2,19-3)15-11-6-5-7-12-15/h5-13H,4H2,1-3H3. The highest BCUT2D eigenvalue weighted by molar-refractivity contribution is 5.39. The molecule has 0 aromatic heterocycles. The normalized spacial score (nSPS) is 11.5. The first-order valence-electron chi connectivity index (χ1n) is 6.52. The second-order valence-electron chi connectivity index (χ2n) is 4.40. The molecule has 2 heteroatoms. The Morgan fingerprint density at radius 2 is 1.42 bits per heavy atom. The minimum Gasteiger partial charge on any atom is -0.346 e. The third kappa shape index (κ3) is 2.42. The van der Waals surface area contributed by atoms with Gasteiger partial charge in [-0.2, -0.15) is 0 Å².